The highest BCUT2D eigenvalue weighted by Crippen LogP contribution is 2.20. The molecule has 0 aliphatic rings. The van der Waals surface area contributed by atoms with Crippen LogP contribution in [-0.4, -0.2) is 39.3 Å². The molecule has 0 saturated carbocycles. The summed E-state index contributed by atoms with van der Waals surface area (Å²) in [7, 11) is -2.34. The molecule has 0 radical (unpaired) electrons. The molecule has 8 heteroatoms. The summed E-state index contributed by atoms with van der Waals surface area (Å²) in [6.07, 6.45) is 1.10. The number of esters is 2. The molecule has 0 bridgehead atoms. The van der Waals surface area contributed by atoms with Crippen molar-refractivity contribution >= 4 is 22.1 Å². The summed E-state index contributed by atoms with van der Waals surface area (Å²) >= 11 is 0. The Morgan fingerprint density at radius 1 is 1.12 bits per heavy atom. The van der Waals surface area contributed by atoms with E-state index in [-0.39, 0.29) is 18.6 Å². The number of ether oxygens (including phenoxy) is 2. The van der Waals surface area contributed by atoms with Gasteiger partial charge in [0.2, 0.25) is 0 Å². The van der Waals surface area contributed by atoms with E-state index in [9.17, 15) is 18.0 Å². The Morgan fingerprint density at radius 3 is 2.12 bits per heavy atom. The van der Waals surface area contributed by atoms with Crippen LogP contribution in [0.1, 0.15) is 32.8 Å². The van der Waals surface area contributed by atoms with Gasteiger partial charge in [0.1, 0.15) is 11.4 Å². The molecule has 7 nitrogen and oxygen atoms in total. The van der Waals surface area contributed by atoms with Gasteiger partial charge < -0.3 is 13.7 Å². The van der Waals surface area contributed by atoms with E-state index in [4.69, 9.17) is 13.7 Å². The van der Waals surface area contributed by atoms with Gasteiger partial charge in [-0.2, -0.15) is 8.42 Å². The maximum Gasteiger partial charge on any atom is 0.309 e. The lowest BCUT2D eigenvalue weighted by atomic mass is 9.96. The fraction of sp³-hybridized carbons (Fsp3) is 0.529. The van der Waals surface area contributed by atoms with E-state index < -0.39 is 33.6 Å². The highest BCUT2D eigenvalue weighted by Gasteiger charge is 2.26. The first-order valence-electron chi connectivity index (χ1n) is 7.67. The molecule has 0 spiro atoms. The summed E-state index contributed by atoms with van der Waals surface area (Å²) in [5.41, 5.74) is 0.0994. The van der Waals surface area contributed by atoms with Crippen molar-refractivity contribution in [1.82, 2.24) is 0 Å². The second kappa shape index (κ2) is 8.33. The number of hydrogen-bond acceptors (Lipinski definition) is 7. The first-order chi connectivity index (χ1) is 11.4. The summed E-state index contributed by atoms with van der Waals surface area (Å²) in [6.45, 7) is 5.25. The van der Waals surface area contributed by atoms with Gasteiger partial charge in [-0.15, -0.1) is 0 Å². The molecule has 0 saturated heterocycles. The summed E-state index contributed by atoms with van der Waals surface area (Å²) in [5.74, 6) is -1.52. The Hall–Kier alpha value is -2.09. The van der Waals surface area contributed by atoms with Crippen LogP contribution in [0.2, 0.25) is 0 Å². The molecule has 0 aromatic heterocycles. The minimum Gasteiger partial charge on any atom is -0.469 e. The van der Waals surface area contributed by atoms with Crippen molar-refractivity contribution in [3.05, 3.63) is 29.8 Å². The van der Waals surface area contributed by atoms with Crippen LogP contribution >= 0.6 is 0 Å². The zero-order valence-electron chi connectivity index (χ0n) is 15.1. The van der Waals surface area contributed by atoms with Crippen LogP contribution in [0.5, 0.6) is 5.75 Å². The number of benzene rings is 1. The fourth-order valence-corrected chi connectivity index (χ4v) is 2.59. The molecule has 0 aliphatic heterocycles. The third-order valence-electron chi connectivity index (χ3n) is 3.02. The van der Waals surface area contributed by atoms with Gasteiger partial charge in [-0.3, -0.25) is 9.59 Å². The second-order valence-electron chi connectivity index (χ2n) is 6.65. The van der Waals surface area contributed by atoms with Crippen molar-refractivity contribution in [2.75, 3.05) is 13.4 Å². The van der Waals surface area contributed by atoms with Crippen molar-refractivity contribution < 1.29 is 31.7 Å². The highest BCUT2D eigenvalue weighted by atomic mass is 32.2. The van der Waals surface area contributed by atoms with Crippen molar-refractivity contribution in [1.29, 1.82) is 0 Å². The second-order valence-corrected chi connectivity index (χ2v) is 8.22. The Morgan fingerprint density at radius 2 is 1.68 bits per heavy atom. The molecule has 0 heterocycles. The van der Waals surface area contributed by atoms with Crippen molar-refractivity contribution in [2.24, 2.45) is 5.92 Å². The molecule has 0 amide bonds. The van der Waals surface area contributed by atoms with Gasteiger partial charge in [0, 0.05) is 0 Å². The average molecular weight is 372 g/mol. The smallest absolute Gasteiger partial charge is 0.309 e. The zero-order valence-corrected chi connectivity index (χ0v) is 15.9. The van der Waals surface area contributed by atoms with Crippen LogP contribution in [0.15, 0.2) is 24.3 Å². The molecule has 0 unspecified atom stereocenters. The minimum absolute atomic E-state index is 0.106. The Balaban J connectivity index is 2.81. The van der Waals surface area contributed by atoms with Crippen molar-refractivity contribution in [3.63, 3.8) is 0 Å². The van der Waals surface area contributed by atoms with E-state index in [0.717, 1.165) is 11.8 Å². The molecule has 1 rings (SSSR count). The van der Waals surface area contributed by atoms with E-state index in [2.05, 4.69) is 0 Å². The lowest BCUT2D eigenvalue weighted by Gasteiger charge is -2.21. The number of hydrogen-bond donors (Lipinski definition) is 0. The maximum absolute atomic E-state index is 12.0. The molecule has 0 fully saturated rings. The third-order valence-corrected chi connectivity index (χ3v) is 3.52. The topological polar surface area (TPSA) is 96.0 Å². The average Bonchev–Trinajstić information content (AvgIpc) is 2.44. The molecular formula is C17H24O7S. The summed E-state index contributed by atoms with van der Waals surface area (Å²) < 4.78 is 36.9. The molecular weight excluding hydrogens is 348 g/mol. The summed E-state index contributed by atoms with van der Waals surface area (Å²) in [6, 6.07) is 6.23. The molecule has 0 N–H and O–H groups in total. The Bertz CT molecular complexity index is 700. The number of carbonyl (C=O) groups excluding carboxylic acids is 2. The molecule has 1 aromatic carbocycles. The largest absolute Gasteiger partial charge is 0.469 e. The monoisotopic (exact) mass is 372 g/mol. The van der Waals surface area contributed by atoms with Crippen LogP contribution in [-0.2, 0) is 35.6 Å². The zero-order chi connectivity index (χ0) is 19.3. The van der Waals surface area contributed by atoms with E-state index in [0.29, 0.717) is 0 Å². The van der Waals surface area contributed by atoms with Crippen LogP contribution in [0.25, 0.3) is 0 Å². The molecule has 25 heavy (non-hydrogen) atoms. The van der Waals surface area contributed by atoms with E-state index in [1.165, 1.54) is 19.2 Å². The van der Waals surface area contributed by atoms with Crippen LogP contribution < -0.4 is 4.18 Å². The van der Waals surface area contributed by atoms with E-state index >= 15 is 0 Å². The Labute approximate surface area is 148 Å². The molecule has 0 aliphatic carbocycles. The van der Waals surface area contributed by atoms with E-state index in [1.807, 2.05) is 0 Å². The van der Waals surface area contributed by atoms with Crippen LogP contribution in [0.4, 0.5) is 0 Å². The van der Waals surface area contributed by atoms with Gasteiger partial charge in [-0.1, -0.05) is 12.1 Å². The quantitative estimate of drug-likeness (QED) is 0.534. The summed E-state index contributed by atoms with van der Waals surface area (Å²) in [4.78, 5) is 23.9. The molecule has 1 atom stereocenters. The van der Waals surface area contributed by atoms with Gasteiger partial charge in [0.25, 0.3) is 0 Å². The lowest BCUT2D eigenvalue weighted by molar-refractivity contribution is -0.160. The first kappa shape index (κ1) is 21.0. The Kier molecular flexibility index (Phi) is 6.98. The number of rotatable bonds is 7. The highest BCUT2D eigenvalue weighted by molar-refractivity contribution is 7.86. The van der Waals surface area contributed by atoms with Crippen molar-refractivity contribution in [2.45, 2.75) is 39.2 Å². The van der Waals surface area contributed by atoms with Crippen LogP contribution in [0, 0.1) is 5.92 Å². The lowest BCUT2D eigenvalue weighted by Crippen LogP contribution is -2.28. The predicted octanol–water partition coefficient (Wildman–Crippen LogP) is 2.09. The van der Waals surface area contributed by atoms with E-state index in [1.54, 1.807) is 32.9 Å². The molecule has 1 aromatic rings. The standard InChI is InChI=1S/C17H24O7S/c1-17(2,3)23-15(18)11-13(16(19)22-4)10-12-6-8-14(9-7-12)24-25(5,20)21/h6-9,13H,10-11H2,1-5H3/t13-/m1/s1. The van der Waals surface area contributed by atoms with Gasteiger partial charge in [-0.05, 0) is 44.9 Å². The SMILES string of the molecule is COC(=O)[C@@H](CC(=O)OC(C)(C)C)Cc1ccc(OS(C)(=O)=O)cc1. The number of carbonyl (C=O) groups is 2. The van der Waals surface area contributed by atoms with Crippen LogP contribution in [0.3, 0.4) is 0 Å². The predicted molar refractivity (Wildman–Crippen MR) is 91.6 cm³/mol. The third kappa shape index (κ3) is 8.53. The van der Waals surface area contributed by atoms with Gasteiger partial charge in [0.05, 0.1) is 25.7 Å². The van der Waals surface area contributed by atoms with Gasteiger partial charge in [-0.25, -0.2) is 0 Å². The number of methoxy groups -OCH3 is 1. The van der Waals surface area contributed by atoms with Gasteiger partial charge in [0.15, 0.2) is 0 Å². The maximum atomic E-state index is 12.0. The minimum atomic E-state index is -3.60. The molecule has 140 valence electrons. The van der Waals surface area contributed by atoms with Gasteiger partial charge >= 0.3 is 22.1 Å². The first-order valence-corrected chi connectivity index (χ1v) is 9.49. The fourth-order valence-electron chi connectivity index (χ4n) is 2.13. The summed E-state index contributed by atoms with van der Waals surface area (Å²) in [5, 5.41) is 0. The normalized spacial score (nSPS) is 13.0. The van der Waals surface area contributed by atoms with Crippen molar-refractivity contribution in [3.8, 4) is 5.75 Å².